The molecule has 1 aliphatic heterocycles. The summed E-state index contributed by atoms with van der Waals surface area (Å²) < 4.78 is 0. The summed E-state index contributed by atoms with van der Waals surface area (Å²) in [5.74, 6) is -0.541. The second-order valence-electron chi connectivity index (χ2n) is 6.65. The molecule has 20 heavy (non-hydrogen) atoms. The number of nitrogens with one attached hydrogen (secondary N) is 1. The average molecular weight is 284 g/mol. The van der Waals surface area contributed by atoms with Gasteiger partial charge in [-0.2, -0.15) is 0 Å². The third kappa shape index (κ3) is 3.64. The van der Waals surface area contributed by atoms with Crippen LogP contribution in [0.4, 0.5) is 4.79 Å². The highest BCUT2D eigenvalue weighted by Gasteiger charge is 2.44. The molecule has 1 aliphatic rings. The van der Waals surface area contributed by atoms with E-state index in [1.54, 1.807) is 0 Å². The zero-order valence-electron chi connectivity index (χ0n) is 13.3. The summed E-state index contributed by atoms with van der Waals surface area (Å²) >= 11 is 0. The molecule has 0 aromatic rings. The molecule has 2 N–H and O–H groups in total. The Morgan fingerprint density at radius 1 is 1.40 bits per heavy atom. The molecule has 0 bridgehead atoms. The number of amides is 2. The van der Waals surface area contributed by atoms with E-state index in [0.29, 0.717) is 12.5 Å². The molecule has 0 aromatic heterocycles. The van der Waals surface area contributed by atoms with Gasteiger partial charge in [0.2, 0.25) is 0 Å². The van der Waals surface area contributed by atoms with Gasteiger partial charge in [-0.15, -0.1) is 0 Å². The van der Waals surface area contributed by atoms with Gasteiger partial charge in [-0.25, -0.2) is 9.59 Å². The quantitative estimate of drug-likeness (QED) is 0.834. The van der Waals surface area contributed by atoms with Gasteiger partial charge < -0.3 is 15.3 Å². The second-order valence-corrected chi connectivity index (χ2v) is 6.65. The number of urea groups is 1. The number of carboxylic acids is 1. The van der Waals surface area contributed by atoms with Crippen molar-refractivity contribution < 1.29 is 14.7 Å². The van der Waals surface area contributed by atoms with E-state index in [-0.39, 0.29) is 17.5 Å². The molecule has 1 saturated heterocycles. The van der Waals surface area contributed by atoms with Crippen LogP contribution in [-0.4, -0.2) is 40.6 Å². The highest BCUT2D eigenvalue weighted by atomic mass is 16.4. The van der Waals surface area contributed by atoms with Crippen molar-refractivity contribution in [2.75, 3.05) is 6.54 Å². The topological polar surface area (TPSA) is 69.6 Å². The summed E-state index contributed by atoms with van der Waals surface area (Å²) in [6.07, 6.45) is 2.66. The van der Waals surface area contributed by atoms with E-state index in [1.807, 2.05) is 20.8 Å². The molecule has 5 nitrogen and oxygen atoms in total. The van der Waals surface area contributed by atoms with Gasteiger partial charge in [0, 0.05) is 12.6 Å². The molecule has 0 saturated carbocycles. The van der Waals surface area contributed by atoms with E-state index in [4.69, 9.17) is 0 Å². The molecule has 3 unspecified atom stereocenters. The Hall–Kier alpha value is -1.26. The van der Waals surface area contributed by atoms with E-state index in [9.17, 15) is 14.7 Å². The number of hydrogen-bond donors (Lipinski definition) is 2. The van der Waals surface area contributed by atoms with Crippen molar-refractivity contribution in [1.82, 2.24) is 10.2 Å². The summed E-state index contributed by atoms with van der Waals surface area (Å²) in [6, 6.07) is -0.953. The molecule has 0 aliphatic carbocycles. The summed E-state index contributed by atoms with van der Waals surface area (Å²) in [5, 5.41) is 12.4. The van der Waals surface area contributed by atoms with E-state index < -0.39 is 12.0 Å². The predicted molar refractivity (Wildman–Crippen MR) is 78.6 cm³/mol. The minimum absolute atomic E-state index is 0.0481. The molecule has 1 rings (SSSR count). The zero-order valence-corrected chi connectivity index (χ0v) is 13.3. The summed E-state index contributed by atoms with van der Waals surface area (Å²) in [4.78, 5) is 25.4. The first-order valence-electron chi connectivity index (χ1n) is 7.50. The maximum Gasteiger partial charge on any atom is 0.327 e. The Kier molecular flexibility index (Phi) is 5.42. The first kappa shape index (κ1) is 16.8. The second kappa shape index (κ2) is 6.46. The molecule has 3 atom stereocenters. The lowest BCUT2D eigenvalue weighted by Gasteiger charge is -2.44. The number of nitrogens with zero attached hydrogens (tertiary/aromatic N) is 1. The molecule has 0 radical (unpaired) electrons. The van der Waals surface area contributed by atoms with E-state index >= 15 is 0 Å². The van der Waals surface area contributed by atoms with Crippen LogP contribution in [0.25, 0.3) is 0 Å². The minimum Gasteiger partial charge on any atom is -0.480 e. The van der Waals surface area contributed by atoms with Crippen LogP contribution in [0.5, 0.6) is 0 Å². The Labute approximate surface area is 121 Å². The van der Waals surface area contributed by atoms with Crippen LogP contribution in [0, 0.1) is 11.3 Å². The maximum absolute atomic E-state index is 12.4. The maximum atomic E-state index is 12.4. The molecule has 2 amide bonds. The summed E-state index contributed by atoms with van der Waals surface area (Å²) in [6.45, 7) is 10.5. The molecule has 116 valence electrons. The molecule has 5 heteroatoms. The van der Waals surface area contributed by atoms with Gasteiger partial charge in [-0.05, 0) is 31.1 Å². The monoisotopic (exact) mass is 284 g/mol. The number of carboxylic acid groups (broad SMARTS) is 1. The Morgan fingerprint density at radius 2 is 2.00 bits per heavy atom. The number of rotatable bonds is 4. The molecule has 0 aromatic carbocycles. The van der Waals surface area contributed by atoms with Crippen molar-refractivity contribution in [1.29, 1.82) is 0 Å². The minimum atomic E-state index is -0.916. The van der Waals surface area contributed by atoms with Gasteiger partial charge in [0.25, 0.3) is 0 Å². The van der Waals surface area contributed by atoms with E-state index in [0.717, 1.165) is 19.3 Å². The number of carbonyl (C=O) groups is 2. The lowest BCUT2D eigenvalue weighted by Crippen LogP contribution is -2.59. The fraction of sp³-hybridized carbons (Fsp3) is 0.867. The first-order valence-corrected chi connectivity index (χ1v) is 7.50. The number of aliphatic carboxylic acids is 1. The smallest absolute Gasteiger partial charge is 0.327 e. The SMILES string of the molecule is CCC(C)C(C)NC(=O)N1CCCC(C)(C)C1C(=O)O. The van der Waals surface area contributed by atoms with Crippen molar-refractivity contribution in [3.8, 4) is 0 Å². The fourth-order valence-electron chi connectivity index (χ4n) is 2.85. The number of likely N-dealkylation sites (tertiary alicyclic amines) is 1. The Bertz CT molecular complexity index is 368. The molecule has 0 spiro atoms. The van der Waals surface area contributed by atoms with Crippen LogP contribution in [-0.2, 0) is 4.79 Å². The molecular weight excluding hydrogens is 256 g/mol. The van der Waals surface area contributed by atoms with Gasteiger partial charge in [0.05, 0.1) is 0 Å². The lowest BCUT2D eigenvalue weighted by atomic mass is 9.76. The highest BCUT2D eigenvalue weighted by molar-refractivity contribution is 5.83. The molecule has 1 fully saturated rings. The Morgan fingerprint density at radius 3 is 2.50 bits per heavy atom. The fourth-order valence-corrected chi connectivity index (χ4v) is 2.85. The molecule has 1 heterocycles. The average Bonchev–Trinajstić information content (AvgIpc) is 2.35. The largest absolute Gasteiger partial charge is 0.480 e. The van der Waals surface area contributed by atoms with Crippen molar-refractivity contribution in [3.63, 3.8) is 0 Å². The molecular formula is C15H28N2O3. The number of carbonyl (C=O) groups excluding carboxylic acids is 1. The third-order valence-electron chi connectivity index (χ3n) is 4.62. The van der Waals surface area contributed by atoms with Gasteiger partial charge in [0.15, 0.2) is 0 Å². The van der Waals surface area contributed by atoms with Crippen molar-refractivity contribution in [3.05, 3.63) is 0 Å². The number of piperidine rings is 1. The first-order chi connectivity index (χ1) is 9.20. The van der Waals surface area contributed by atoms with Crippen LogP contribution in [0.15, 0.2) is 0 Å². The third-order valence-corrected chi connectivity index (χ3v) is 4.62. The van der Waals surface area contributed by atoms with Gasteiger partial charge in [-0.1, -0.05) is 34.1 Å². The van der Waals surface area contributed by atoms with Crippen LogP contribution in [0.2, 0.25) is 0 Å². The number of hydrogen-bond acceptors (Lipinski definition) is 2. The highest BCUT2D eigenvalue weighted by Crippen LogP contribution is 2.35. The van der Waals surface area contributed by atoms with Crippen LogP contribution < -0.4 is 5.32 Å². The van der Waals surface area contributed by atoms with Crippen molar-refractivity contribution in [2.45, 2.75) is 66.0 Å². The van der Waals surface area contributed by atoms with E-state index in [1.165, 1.54) is 4.90 Å². The lowest BCUT2D eigenvalue weighted by molar-refractivity contribution is -0.148. The van der Waals surface area contributed by atoms with Gasteiger partial charge in [-0.3, -0.25) is 0 Å². The van der Waals surface area contributed by atoms with Gasteiger partial charge in [0.1, 0.15) is 6.04 Å². The Balaban J connectivity index is 2.81. The van der Waals surface area contributed by atoms with Crippen molar-refractivity contribution >= 4 is 12.0 Å². The van der Waals surface area contributed by atoms with Crippen LogP contribution in [0.3, 0.4) is 0 Å². The predicted octanol–water partition coefficient (Wildman–Crippen LogP) is 2.71. The van der Waals surface area contributed by atoms with E-state index in [2.05, 4.69) is 19.2 Å². The van der Waals surface area contributed by atoms with Gasteiger partial charge >= 0.3 is 12.0 Å². The van der Waals surface area contributed by atoms with Crippen molar-refractivity contribution in [2.24, 2.45) is 11.3 Å². The van der Waals surface area contributed by atoms with Crippen LogP contribution in [0.1, 0.15) is 53.9 Å². The normalized spacial score (nSPS) is 24.9. The summed E-state index contributed by atoms with van der Waals surface area (Å²) in [5.41, 5.74) is -0.388. The van der Waals surface area contributed by atoms with Crippen LogP contribution >= 0.6 is 0 Å². The standard InChI is InChI=1S/C15H28N2O3/c1-6-10(2)11(3)16-14(20)17-9-7-8-15(4,5)12(17)13(18)19/h10-12H,6-9H2,1-5H3,(H,16,20)(H,18,19). The summed E-state index contributed by atoms with van der Waals surface area (Å²) in [7, 11) is 0. The zero-order chi connectivity index (χ0) is 15.5.